The Labute approximate surface area is 158 Å². The van der Waals surface area contributed by atoms with Crippen molar-refractivity contribution in [2.75, 3.05) is 19.7 Å². The van der Waals surface area contributed by atoms with Crippen LogP contribution in [0.2, 0.25) is 0 Å². The first-order chi connectivity index (χ1) is 13.3. The van der Waals surface area contributed by atoms with Crippen LogP contribution in [0, 0.1) is 0 Å². The minimum atomic E-state index is 0.0565. The molecule has 1 aromatic carbocycles. The number of carbonyl (C=O) groups is 1. The number of fused-ring (bicyclic) bond motifs is 1. The van der Waals surface area contributed by atoms with Crippen LogP contribution in [0.5, 0.6) is 0 Å². The summed E-state index contributed by atoms with van der Waals surface area (Å²) in [4.78, 5) is 26.7. The maximum atomic E-state index is 13.0. The monoisotopic (exact) mass is 364 g/mol. The number of carbonyl (C=O) groups excluding carboxylic acids is 1. The largest absolute Gasteiger partial charge is 0.376 e. The average molecular weight is 364 g/mol. The Bertz CT molecular complexity index is 937. The zero-order valence-corrected chi connectivity index (χ0v) is 15.5. The van der Waals surface area contributed by atoms with Gasteiger partial charge in [-0.15, -0.1) is 0 Å². The highest BCUT2D eigenvalue weighted by molar-refractivity contribution is 5.97. The van der Waals surface area contributed by atoms with E-state index >= 15 is 0 Å². The van der Waals surface area contributed by atoms with Crippen molar-refractivity contribution in [1.29, 1.82) is 0 Å². The van der Waals surface area contributed by atoms with Crippen molar-refractivity contribution in [2.24, 2.45) is 0 Å². The summed E-state index contributed by atoms with van der Waals surface area (Å²) in [6.45, 7) is 4.30. The standard InChI is InChI=1S/C21H24N4O2/c1-2-11-27-17-7-4-10-25(13-17)21(26)16-6-3-5-15(12-16)19-18-8-9-22-20(18)24-14-23-19/h3,5-6,8-9,12,14,17H,2,4,7,10-11,13H2,1H3,(H,22,23,24)/t17-/m0/s1. The van der Waals surface area contributed by atoms with Crippen molar-refractivity contribution in [3.63, 3.8) is 0 Å². The molecular weight excluding hydrogens is 340 g/mol. The highest BCUT2D eigenvalue weighted by Gasteiger charge is 2.25. The van der Waals surface area contributed by atoms with Crippen molar-refractivity contribution >= 4 is 16.9 Å². The molecule has 2 aromatic heterocycles. The van der Waals surface area contributed by atoms with E-state index in [1.54, 1.807) is 6.33 Å². The first-order valence-corrected chi connectivity index (χ1v) is 9.55. The second-order valence-electron chi connectivity index (χ2n) is 6.93. The number of aromatic amines is 1. The minimum absolute atomic E-state index is 0.0565. The van der Waals surface area contributed by atoms with Crippen LogP contribution in [0.3, 0.4) is 0 Å². The Morgan fingerprint density at radius 3 is 3.15 bits per heavy atom. The Hall–Kier alpha value is -2.73. The van der Waals surface area contributed by atoms with Crippen LogP contribution in [-0.2, 0) is 4.74 Å². The normalized spacial score (nSPS) is 17.4. The second-order valence-corrected chi connectivity index (χ2v) is 6.93. The molecule has 1 amide bonds. The highest BCUT2D eigenvalue weighted by Crippen LogP contribution is 2.26. The second kappa shape index (κ2) is 7.88. The zero-order chi connectivity index (χ0) is 18.6. The van der Waals surface area contributed by atoms with E-state index in [2.05, 4.69) is 21.9 Å². The summed E-state index contributed by atoms with van der Waals surface area (Å²) >= 11 is 0. The number of nitrogens with zero attached hydrogens (tertiary/aromatic N) is 3. The van der Waals surface area contributed by atoms with E-state index in [0.717, 1.165) is 54.7 Å². The van der Waals surface area contributed by atoms with Gasteiger partial charge in [0.25, 0.3) is 5.91 Å². The van der Waals surface area contributed by atoms with Crippen LogP contribution in [0.4, 0.5) is 0 Å². The fourth-order valence-electron chi connectivity index (χ4n) is 3.63. The third-order valence-electron chi connectivity index (χ3n) is 4.96. The van der Waals surface area contributed by atoms with Crippen LogP contribution in [-0.4, -0.2) is 51.6 Å². The van der Waals surface area contributed by atoms with Gasteiger partial charge in [0.15, 0.2) is 0 Å². The van der Waals surface area contributed by atoms with Gasteiger partial charge >= 0.3 is 0 Å². The number of nitrogens with one attached hydrogen (secondary N) is 1. The lowest BCUT2D eigenvalue weighted by Crippen LogP contribution is -2.43. The molecule has 140 valence electrons. The van der Waals surface area contributed by atoms with Gasteiger partial charge < -0.3 is 14.6 Å². The molecule has 0 spiro atoms. The summed E-state index contributed by atoms with van der Waals surface area (Å²) in [5.74, 6) is 0.0565. The van der Waals surface area contributed by atoms with Gasteiger partial charge in [0.1, 0.15) is 12.0 Å². The molecule has 4 rings (SSSR count). The first-order valence-electron chi connectivity index (χ1n) is 9.55. The number of benzene rings is 1. The summed E-state index contributed by atoms with van der Waals surface area (Å²) in [7, 11) is 0. The van der Waals surface area contributed by atoms with Gasteiger partial charge in [-0.25, -0.2) is 9.97 Å². The lowest BCUT2D eigenvalue weighted by Gasteiger charge is -2.32. The van der Waals surface area contributed by atoms with E-state index in [4.69, 9.17) is 4.74 Å². The SMILES string of the molecule is CCCO[C@H]1CCCN(C(=O)c2cccc(-c3ncnc4[nH]ccc34)c2)C1. The predicted molar refractivity (Wildman–Crippen MR) is 104 cm³/mol. The molecule has 6 nitrogen and oxygen atoms in total. The molecule has 27 heavy (non-hydrogen) atoms. The smallest absolute Gasteiger partial charge is 0.253 e. The van der Waals surface area contributed by atoms with Crippen LogP contribution in [0.25, 0.3) is 22.3 Å². The summed E-state index contributed by atoms with van der Waals surface area (Å²) in [5, 5.41) is 0.952. The molecule has 6 heteroatoms. The maximum absolute atomic E-state index is 13.0. The number of ether oxygens (including phenoxy) is 1. The Kier molecular flexibility index (Phi) is 5.16. The fourth-order valence-corrected chi connectivity index (χ4v) is 3.63. The summed E-state index contributed by atoms with van der Waals surface area (Å²) in [5.41, 5.74) is 3.23. The van der Waals surface area contributed by atoms with Gasteiger partial charge in [0.2, 0.25) is 0 Å². The number of hydrogen-bond acceptors (Lipinski definition) is 4. The van der Waals surface area contributed by atoms with Crippen molar-refractivity contribution in [3.05, 3.63) is 48.4 Å². The van der Waals surface area contributed by atoms with Gasteiger partial charge in [-0.1, -0.05) is 19.1 Å². The molecule has 1 aliphatic heterocycles. The fraction of sp³-hybridized carbons (Fsp3) is 0.381. The lowest BCUT2D eigenvalue weighted by molar-refractivity contribution is 0.00211. The lowest BCUT2D eigenvalue weighted by atomic mass is 10.0. The predicted octanol–water partition coefficient (Wildman–Crippen LogP) is 3.66. The van der Waals surface area contributed by atoms with Crippen LogP contribution < -0.4 is 0 Å². The molecule has 1 fully saturated rings. The molecule has 1 saturated heterocycles. The zero-order valence-electron chi connectivity index (χ0n) is 15.5. The van der Waals surface area contributed by atoms with E-state index in [1.165, 1.54) is 0 Å². The van der Waals surface area contributed by atoms with Crippen LogP contribution in [0.1, 0.15) is 36.5 Å². The quantitative estimate of drug-likeness (QED) is 0.750. The molecule has 1 aliphatic rings. The van der Waals surface area contributed by atoms with Gasteiger partial charge in [-0.3, -0.25) is 4.79 Å². The molecule has 1 atom stereocenters. The van der Waals surface area contributed by atoms with E-state index < -0.39 is 0 Å². The van der Waals surface area contributed by atoms with E-state index in [0.29, 0.717) is 12.1 Å². The molecule has 0 unspecified atom stereocenters. The van der Waals surface area contributed by atoms with Crippen molar-refractivity contribution in [1.82, 2.24) is 19.9 Å². The van der Waals surface area contributed by atoms with E-state index in [-0.39, 0.29) is 12.0 Å². The van der Waals surface area contributed by atoms with E-state index in [1.807, 2.05) is 41.4 Å². The van der Waals surface area contributed by atoms with Crippen LogP contribution >= 0.6 is 0 Å². The topological polar surface area (TPSA) is 71.1 Å². The minimum Gasteiger partial charge on any atom is -0.376 e. The number of H-pyrrole nitrogens is 1. The molecular formula is C21H24N4O2. The number of rotatable bonds is 5. The Morgan fingerprint density at radius 2 is 2.26 bits per heavy atom. The molecule has 3 heterocycles. The van der Waals surface area contributed by atoms with E-state index in [9.17, 15) is 4.79 Å². The number of aromatic nitrogens is 3. The molecule has 1 N–H and O–H groups in total. The maximum Gasteiger partial charge on any atom is 0.253 e. The van der Waals surface area contributed by atoms with Gasteiger partial charge in [-0.05, 0) is 37.5 Å². The number of likely N-dealkylation sites (tertiary alicyclic amines) is 1. The molecule has 0 saturated carbocycles. The molecule has 0 aliphatic carbocycles. The Morgan fingerprint density at radius 1 is 1.33 bits per heavy atom. The van der Waals surface area contributed by atoms with Crippen molar-refractivity contribution in [3.8, 4) is 11.3 Å². The number of amides is 1. The van der Waals surface area contributed by atoms with Gasteiger partial charge in [0.05, 0.1) is 11.8 Å². The Balaban J connectivity index is 1.57. The third kappa shape index (κ3) is 3.71. The van der Waals surface area contributed by atoms with Gasteiger partial charge in [-0.2, -0.15) is 0 Å². The summed E-state index contributed by atoms with van der Waals surface area (Å²) < 4.78 is 5.87. The highest BCUT2D eigenvalue weighted by atomic mass is 16.5. The summed E-state index contributed by atoms with van der Waals surface area (Å²) in [6, 6.07) is 9.65. The molecule has 0 bridgehead atoms. The molecule has 0 radical (unpaired) electrons. The first kappa shape index (κ1) is 17.7. The number of hydrogen-bond donors (Lipinski definition) is 1. The van der Waals surface area contributed by atoms with Crippen molar-refractivity contribution in [2.45, 2.75) is 32.3 Å². The summed E-state index contributed by atoms with van der Waals surface area (Å²) in [6.07, 6.45) is 6.54. The van der Waals surface area contributed by atoms with Crippen LogP contribution in [0.15, 0.2) is 42.9 Å². The molecule has 3 aromatic rings. The average Bonchev–Trinajstić information content (AvgIpc) is 3.21. The van der Waals surface area contributed by atoms with Gasteiger partial charge in [0, 0.05) is 42.4 Å². The third-order valence-corrected chi connectivity index (χ3v) is 4.96. The van der Waals surface area contributed by atoms with Crippen molar-refractivity contribution < 1.29 is 9.53 Å². The number of piperidine rings is 1.